The van der Waals surface area contributed by atoms with Gasteiger partial charge in [0.05, 0.1) is 0 Å². The van der Waals surface area contributed by atoms with Gasteiger partial charge in [0.25, 0.3) is 5.91 Å². The Bertz CT molecular complexity index is 698. The van der Waals surface area contributed by atoms with Crippen molar-refractivity contribution in [3.05, 3.63) is 58.1 Å². The highest BCUT2D eigenvalue weighted by atomic mass is 35.5. The van der Waals surface area contributed by atoms with Crippen molar-refractivity contribution in [1.82, 2.24) is 4.90 Å². The van der Waals surface area contributed by atoms with Crippen LogP contribution >= 0.6 is 23.2 Å². The third-order valence-electron chi connectivity index (χ3n) is 3.99. The molecule has 0 aromatic heterocycles. The normalized spacial score (nSPS) is 12.0. The number of aliphatic hydroxyl groups excluding tert-OH is 1. The van der Waals surface area contributed by atoms with E-state index in [4.69, 9.17) is 28.3 Å². The molecule has 1 unspecified atom stereocenters. The van der Waals surface area contributed by atoms with Gasteiger partial charge in [-0.05, 0) is 61.7 Å². The number of hydrogen-bond donors (Lipinski definition) is 1. The van der Waals surface area contributed by atoms with E-state index in [-0.39, 0.29) is 18.6 Å². The number of hydrogen-bond acceptors (Lipinski definition) is 2. The first kappa shape index (κ1) is 18.8. The quantitative estimate of drug-likeness (QED) is 0.791. The van der Waals surface area contributed by atoms with E-state index in [2.05, 4.69) is 0 Å². The van der Waals surface area contributed by atoms with Gasteiger partial charge in [-0.3, -0.25) is 4.79 Å². The maximum atomic E-state index is 12.8. The van der Waals surface area contributed by atoms with Gasteiger partial charge in [-0.2, -0.15) is 0 Å². The minimum Gasteiger partial charge on any atom is -0.396 e. The van der Waals surface area contributed by atoms with Crippen LogP contribution in [-0.2, 0) is 0 Å². The number of amides is 1. The van der Waals surface area contributed by atoms with Crippen LogP contribution in [0.25, 0.3) is 11.1 Å². The molecule has 0 fully saturated rings. The smallest absolute Gasteiger partial charge is 0.254 e. The zero-order valence-corrected chi connectivity index (χ0v) is 15.3. The summed E-state index contributed by atoms with van der Waals surface area (Å²) in [5, 5.41) is 10.2. The Hall–Kier alpha value is -1.55. The lowest BCUT2D eigenvalue weighted by atomic mass is 10.0. The van der Waals surface area contributed by atoms with Crippen molar-refractivity contribution in [2.24, 2.45) is 0 Å². The van der Waals surface area contributed by atoms with Crippen molar-refractivity contribution in [2.75, 3.05) is 13.2 Å². The number of halogens is 2. The lowest BCUT2D eigenvalue weighted by Gasteiger charge is -2.28. The Morgan fingerprint density at radius 1 is 1.12 bits per heavy atom. The number of benzene rings is 2. The molecule has 1 atom stereocenters. The van der Waals surface area contributed by atoms with Gasteiger partial charge in [0, 0.05) is 34.8 Å². The van der Waals surface area contributed by atoms with Crippen LogP contribution < -0.4 is 0 Å². The fourth-order valence-electron chi connectivity index (χ4n) is 2.72. The van der Waals surface area contributed by atoms with Crippen LogP contribution in [0.15, 0.2) is 42.5 Å². The fraction of sp³-hybridized carbons (Fsp3) is 0.316. The maximum absolute atomic E-state index is 12.8. The molecular formula is C19H21Cl2NO2. The molecule has 0 aliphatic heterocycles. The summed E-state index contributed by atoms with van der Waals surface area (Å²) in [5.74, 6) is -0.0478. The average Bonchev–Trinajstić information content (AvgIpc) is 2.55. The lowest BCUT2D eigenvalue weighted by molar-refractivity contribution is 0.0679. The molecule has 2 aromatic rings. The topological polar surface area (TPSA) is 40.5 Å². The summed E-state index contributed by atoms with van der Waals surface area (Å²) in [6.07, 6.45) is 0.559. The first-order valence-electron chi connectivity index (χ1n) is 7.94. The second kappa shape index (κ2) is 8.52. The first-order valence-corrected chi connectivity index (χ1v) is 8.70. The third kappa shape index (κ3) is 4.50. The molecule has 0 aliphatic rings. The van der Waals surface area contributed by atoms with Crippen LogP contribution in [-0.4, -0.2) is 35.1 Å². The van der Waals surface area contributed by atoms with E-state index in [0.717, 1.165) is 11.1 Å². The van der Waals surface area contributed by atoms with Gasteiger partial charge < -0.3 is 10.0 Å². The minimum atomic E-state index is -0.0478. The Balaban J connectivity index is 2.34. The van der Waals surface area contributed by atoms with Gasteiger partial charge in [-0.25, -0.2) is 0 Å². The van der Waals surface area contributed by atoms with Crippen molar-refractivity contribution in [2.45, 2.75) is 26.3 Å². The summed E-state index contributed by atoms with van der Waals surface area (Å²) < 4.78 is 0. The number of carbonyl (C=O) groups excluding carboxylic acids is 1. The SMILES string of the molecule is CCN(C(=O)c1cccc(-c2cc(Cl)cc(Cl)c2)c1)C(C)CCO. The molecule has 0 spiro atoms. The molecule has 0 heterocycles. The highest BCUT2D eigenvalue weighted by molar-refractivity contribution is 6.35. The second-order valence-corrected chi connectivity index (χ2v) is 6.56. The van der Waals surface area contributed by atoms with E-state index in [1.165, 1.54) is 0 Å². The van der Waals surface area contributed by atoms with Crippen molar-refractivity contribution in [1.29, 1.82) is 0 Å². The first-order chi connectivity index (χ1) is 11.5. The molecule has 2 rings (SSSR count). The summed E-state index contributed by atoms with van der Waals surface area (Å²) in [7, 11) is 0. The maximum Gasteiger partial charge on any atom is 0.254 e. The summed E-state index contributed by atoms with van der Waals surface area (Å²) in [6, 6.07) is 12.7. The number of aliphatic hydroxyl groups is 1. The summed E-state index contributed by atoms with van der Waals surface area (Å²) >= 11 is 12.1. The zero-order chi connectivity index (χ0) is 17.7. The predicted molar refractivity (Wildman–Crippen MR) is 99.8 cm³/mol. The molecule has 0 aliphatic carbocycles. The standard InChI is InChI=1S/C19H21Cl2NO2/c1-3-22(13(2)7-8-23)19(24)15-6-4-5-14(9-15)16-10-17(20)12-18(21)11-16/h4-6,9-13,23H,3,7-8H2,1-2H3. The van der Waals surface area contributed by atoms with E-state index in [1.54, 1.807) is 17.0 Å². The van der Waals surface area contributed by atoms with Crippen LogP contribution in [0.3, 0.4) is 0 Å². The highest BCUT2D eigenvalue weighted by Crippen LogP contribution is 2.28. The molecule has 1 N–H and O–H groups in total. The van der Waals surface area contributed by atoms with E-state index in [1.807, 2.05) is 44.2 Å². The van der Waals surface area contributed by atoms with Gasteiger partial charge in [-0.15, -0.1) is 0 Å². The summed E-state index contributed by atoms with van der Waals surface area (Å²) in [5.41, 5.74) is 2.36. The van der Waals surface area contributed by atoms with Gasteiger partial charge in [0.15, 0.2) is 0 Å². The zero-order valence-electron chi connectivity index (χ0n) is 13.8. The Morgan fingerprint density at radius 3 is 2.38 bits per heavy atom. The number of carbonyl (C=O) groups is 1. The van der Waals surface area contributed by atoms with Crippen molar-refractivity contribution < 1.29 is 9.90 Å². The number of nitrogens with zero attached hydrogens (tertiary/aromatic N) is 1. The van der Waals surface area contributed by atoms with E-state index in [0.29, 0.717) is 28.6 Å². The molecule has 0 saturated carbocycles. The predicted octanol–water partition coefficient (Wildman–Crippen LogP) is 4.89. The largest absolute Gasteiger partial charge is 0.396 e. The van der Waals surface area contributed by atoms with Gasteiger partial charge in [-0.1, -0.05) is 35.3 Å². The van der Waals surface area contributed by atoms with Crippen LogP contribution in [0.5, 0.6) is 0 Å². The fourth-order valence-corrected chi connectivity index (χ4v) is 3.24. The van der Waals surface area contributed by atoms with Crippen LogP contribution in [0.4, 0.5) is 0 Å². The van der Waals surface area contributed by atoms with Crippen molar-refractivity contribution in [3.8, 4) is 11.1 Å². The molecule has 5 heteroatoms. The second-order valence-electron chi connectivity index (χ2n) is 5.69. The lowest BCUT2D eigenvalue weighted by Crippen LogP contribution is -2.39. The van der Waals surface area contributed by atoms with Crippen LogP contribution in [0.2, 0.25) is 10.0 Å². The Kier molecular flexibility index (Phi) is 6.67. The van der Waals surface area contributed by atoms with E-state index < -0.39 is 0 Å². The molecule has 0 bridgehead atoms. The summed E-state index contributed by atoms with van der Waals surface area (Å²) in [6.45, 7) is 4.53. The Morgan fingerprint density at radius 2 is 1.79 bits per heavy atom. The van der Waals surface area contributed by atoms with Crippen molar-refractivity contribution >= 4 is 29.1 Å². The molecule has 1 amide bonds. The average molecular weight is 366 g/mol. The third-order valence-corrected chi connectivity index (χ3v) is 4.42. The molecule has 0 saturated heterocycles. The van der Waals surface area contributed by atoms with Crippen LogP contribution in [0.1, 0.15) is 30.6 Å². The molecule has 128 valence electrons. The van der Waals surface area contributed by atoms with E-state index >= 15 is 0 Å². The minimum absolute atomic E-state index is 0.0169. The molecule has 24 heavy (non-hydrogen) atoms. The summed E-state index contributed by atoms with van der Waals surface area (Å²) in [4.78, 5) is 14.6. The van der Waals surface area contributed by atoms with E-state index in [9.17, 15) is 4.79 Å². The molecule has 3 nitrogen and oxygen atoms in total. The van der Waals surface area contributed by atoms with Crippen molar-refractivity contribution in [3.63, 3.8) is 0 Å². The monoisotopic (exact) mass is 365 g/mol. The molecule has 2 aromatic carbocycles. The Labute approximate surface area is 152 Å². The molecular weight excluding hydrogens is 345 g/mol. The highest BCUT2D eigenvalue weighted by Gasteiger charge is 2.20. The molecule has 0 radical (unpaired) electrons. The number of rotatable bonds is 6. The van der Waals surface area contributed by atoms with Crippen LogP contribution in [0, 0.1) is 0 Å². The van der Waals surface area contributed by atoms with Gasteiger partial charge >= 0.3 is 0 Å². The van der Waals surface area contributed by atoms with Gasteiger partial charge in [0.2, 0.25) is 0 Å². The van der Waals surface area contributed by atoms with Gasteiger partial charge in [0.1, 0.15) is 0 Å².